The van der Waals surface area contributed by atoms with Gasteiger partial charge in [-0.25, -0.2) is 4.79 Å². The number of benzene rings is 1. The molecule has 0 heterocycles. The Kier molecular flexibility index (Phi) is 3.40. The van der Waals surface area contributed by atoms with Gasteiger partial charge < -0.3 is 15.7 Å². The summed E-state index contributed by atoms with van der Waals surface area (Å²) < 4.78 is 0. The molecule has 0 saturated heterocycles. The fourth-order valence-electron chi connectivity index (χ4n) is 0.820. The second-order valence-corrected chi connectivity index (χ2v) is 2.72. The van der Waals surface area contributed by atoms with E-state index in [4.69, 9.17) is 16.7 Å². The summed E-state index contributed by atoms with van der Waals surface area (Å²) in [6.45, 7) is 0.138. The molecule has 0 unspecified atom stereocenters. The van der Waals surface area contributed by atoms with Crippen molar-refractivity contribution in [3.63, 3.8) is 0 Å². The van der Waals surface area contributed by atoms with Gasteiger partial charge in [-0.3, -0.25) is 0 Å². The van der Waals surface area contributed by atoms with Gasteiger partial charge in [0, 0.05) is 0 Å². The molecule has 0 spiro atoms. The van der Waals surface area contributed by atoms with Crippen molar-refractivity contribution < 1.29 is 9.90 Å². The van der Waals surface area contributed by atoms with E-state index in [0.29, 0.717) is 10.7 Å². The Morgan fingerprint density at radius 1 is 1.46 bits per heavy atom. The molecule has 13 heavy (non-hydrogen) atoms. The number of amides is 1. The summed E-state index contributed by atoms with van der Waals surface area (Å²) in [7, 11) is 0. The Morgan fingerprint density at radius 2 is 2.15 bits per heavy atom. The van der Waals surface area contributed by atoms with Crippen LogP contribution < -0.4 is 10.6 Å². The van der Waals surface area contributed by atoms with Crippen molar-refractivity contribution in [1.82, 2.24) is 5.32 Å². The fourth-order valence-corrected chi connectivity index (χ4v) is 1.02. The van der Waals surface area contributed by atoms with Gasteiger partial charge in [-0.15, -0.1) is 0 Å². The van der Waals surface area contributed by atoms with Crippen LogP contribution in [-0.4, -0.2) is 17.9 Å². The lowest BCUT2D eigenvalue weighted by atomic mass is 10.3. The van der Waals surface area contributed by atoms with Crippen LogP contribution in [0.25, 0.3) is 0 Å². The molecule has 0 saturated carbocycles. The van der Waals surface area contributed by atoms with E-state index in [1.165, 1.54) is 0 Å². The zero-order valence-electron chi connectivity index (χ0n) is 6.75. The number of nitrogens with one attached hydrogen (secondary N) is 2. The lowest BCUT2D eigenvalue weighted by Crippen LogP contribution is -2.27. The highest BCUT2D eigenvalue weighted by Crippen LogP contribution is 2.19. The first-order valence-electron chi connectivity index (χ1n) is 3.65. The zero-order valence-corrected chi connectivity index (χ0v) is 7.51. The van der Waals surface area contributed by atoms with Crippen LogP contribution >= 0.6 is 11.6 Å². The molecule has 0 bridgehead atoms. The van der Waals surface area contributed by atoms with Crippen LogP contribution in [-0.2, 0) is 0 Å². The van der Waals surface area contributed by atoms with Crippen LogP contribution in [0.2, 0.25) is 5.02 Å². The van der Waals surface area contributed by atoms with Crippen LogP contribution in [0.5, 0.6) is 0 Å². The molecular formula is C8H9ClN2O2. The van der Waals surface area contributed by atoms with E-state index >= 15 is 0 Å². The summed E-state index contributed by atoms with van der Waals surface area (Å²) in [5.41, 5.74) is 0.706. The van der Waals surface area contributed by atoms with E-state index < -0.39 is 6.09 Å². The van der Waals surface area contributed by atoms with Gasteiger partial charge in [0.1, 0.15) is 0 Å². The summed E-state index contributed by atoms with van der Waals surface area (Å²) in [6.07, 6.45) is -1.07. The van der Waals surface area contributed by atoms with Gasteiger partial charge in [-0.2, -0.15) is 0 Å². The van der Waals surface area contributed by atoms with Gasteiger partial charge in [0.15, 0.2) is 0 Å². The quantitative estimate of drug-likeness (QED) is 0.654. The summed E-state index contributed by atoms with van der Waals surface area (Å²) in [6, 6.07) is 7.11. The minimum absolute atomic E-state index is 0.138. The van der Waals surface area contributed by atoms with Gasteiger partial charge >= 0.3 is 6.09 Å². The lowest BCUT2D eigenvalue weighted by molar-refractivity contribution is 0.195. The first-order chi connectivity index (χ1) is 6.20. The Morgan fingerprint density at radius 3 is 2.77 bits per heavy atom. The second kappa shape index (κ2) is 4.57. The molecule has 0 aliphatic carbocycles. The SMILES string of the molecule is O=C(O)NCNc1ccccc1Cl. The van der Waals surface area contributed by atoms with Crippen molar-refractivity contribution >= 4 is 23.4 Å². The third-order valence-electron chi connectivity index (χ3n) is 1.39. The number of halogens is 1. The predicted octanol–water partition coefficient (Wildman–Crippen LogP) is 1.98. The highest BCUT2D eigenvalue weighted by atomic mass is 35.5. The van der Waals surface area contributed by atoms with Crippen molar-refractivity contribution in [2.75, 3.05) is 12.0 Å². The van der Waals surface area contributed by atoms with E-state index in [1.807, 2.05) is 6.07 Å². The van der Waals surface area contributed by atoms with Gasteiger partial charge in [-0.1, -0.05) is 23.7 Å². The number of hydrogen-bond donors (Lipinski definition) is 3. The highest BCUT2D eigenvalue weighted by molar-refractivity contribution is 6.33. The molecule has 1 aromatic carbocycles. The molecule has 70 valence electrons. The molecule has 1 rings (SSSR count). The molecule has 0 aliphatic rings. The Labute approximate surface area is 80.5 Å². The molecular weight excluding hydrogens is 192 g/mol. The van der Waals surface area contributed by atoms with E-state index in [9.17, 15) is 4.79 Å². The molecule has 0 fully saturated rings. The van der Waals surface area contributed by atoms with Gasteiger partial charge in [0.05, 0.1) is 17.4 Å². The number of carboxylic acid groups (broad SMARTS) is 1. The van der Waals surface area contributed by atoms with Crippen LogP contribution in [0, 0.1) is 0 Å². The van der Waals surface area contributed by atoms with E-state index in [-0.39, 0.29) is 6.67 Å². The first kappa shape index (κ1) is 9.67. The maximum absolute atomic E-state index is 10.1. The zero-order chi connectivity index (χ0) is 9.68. The fraction of sp³-hybridized carbons (Fsp3) is 0.125. The summed E-state index contributed by atoms with van der Waals surface area (Å²) in [5.74, 6) is 0. The molecule has 5 heteroatoms. The van der Waals surface area contributed by atoms with E-state index in [2.05, 4.69) is 10.6 Å². The number of hydrogen-bond acceptors (Lipinski definition) is 2. The van der Waals surface area contributed by atoms with Crippen molar-refractivity contribution in [3.8, 4) is 0 Å². The molecule has 1 amide bonds. The van der Waals surface area contributed by atoms with E-state index in [1.54, 1.807) is 18.2 Å². The van der Waals surface area contributed by atoms with Crippen LogP contribution in [0.1, 0.15) is 0 Å². The molecule has 0 aliphatic heterocycles. The van der Waals surface area contributed by atoms with Crippen molar-refractivity contribution in [2.45, 2.75) is 0 Å². The van der Waals surface area contributed by atoms with Crippen LogP contribution in [0.4, 0.5) is 10.5 Å². The number of rotatable bonds is 3. The van der Waals surface area contributed by atoms with Crippen molar-refractivity contribution in [2.24, 2.45) is 0 Å². The predicted molar refractivity (Wildman–Crippen MR) is 51.1 cm³/mol. The summed E-state index contributed by atoms with van der Waals surface area (Å²) >= 11 is 5.80. The van der Waals surface area contributed by atoms with Gasteiger partial charge in [-0.05, 0) is 12.1 Å². The average molecular weight is 201 g/mol. The summed E-state index contributed by atoms with van der Waals surface area (Å²) in [5, 5.41) is 13.8. The average Bonchev–Trinajstić information content (AvgIpc) is 2.08. The van der Waals surface area contributed by atoms with Crippen LogP contribution in [0.3, 0.4) is 0 Å². The van der Waals surface area contributed by atoms with Gasteiger partial charge in [0.2, 0.25) is 0 Å². The third-order valence-corrected chi connectivity index (χ3v) is 1.72. The van der Waals surface area contributed by atoms with Crippen molar-refractivity contribution in [3.05, 3.63) is 29.3 Å². The molecule has 0 aromatic heterocycles. The number of para-hydroxylation sites is 1. The lowest BCUT2D eigenvalue weighted by Gasteiger charge is -2.06. The second-order valence-electron chi connectivity index (χ2n) is 2.32. The number of anilines is 1. The number of carbonyl (C=O) groups is 1. The molecule has 0 radical (unpaired) electrons. The molecule has 0 atom stereocenters. The van der Waals surface area contributed by atoms with Crippen LogP contribution in [0.15, 0.2) is 24.3 Å². The Bertz CT molecular complexity index is 304. The highest BCUT2D eigenvalue weighted by Gasteiger charge is 1.97. The molecule has 3 N–H and O–H groups in total. The minimum atomic E-state index is -1.07. The minimum Gasteiger partial charge on any atom is -0.465 e. The maximum Gasteiger partial charge on any atom is 0.406 e. The normalized spacial score (nSPS) is 9.31. The monoisotopic (exact) mass is 200 g/mol. The topological polar surface area (TPSA) is 61.4 Å². The van der Waals surface area contributed by atoms with Crippen molar-refractivity contribution in [1.29, 1.82) is 0 Å². The Balaban J connectivity index is 2.45. The summed E-state index contributed by atoms with van der Waals surface area (Å²) in [4.78, 5) is 10.1. The smallest absolute Gasteiger partial charge is 0.406 e. The maximum atomic E-state index is 10.1. The first-order valence-corrected chi connectivity index (χ1v) is 4.03. The largest absolute Gasteiger partial charge is 0.465 e. The molecule has 4 nitrogen and oxygen atoms in total. The molecule has 1 aromatic rings. The third kappa shape index (κ3) is 3.21. The van der Waals surface area contributed by atoms with Gasteiger partial charge in [0.25, 0.3) is 0 Å². The standard InChI is InChI=1S/C8H9ClN2O2/c9-6-3-1-2-4-7(6)10-5-11-8(12)13/h1-4,10-11H,5H2,(H,12,13). The van der Waals surface area contributed by atoms with E-state index in [0.717, 1.165) is 0 Å². The Hall–Kier alpha value is -1.42.